The molecule has 59 heavy (non-hydrogen) atoms. The minimum absolute atomic E-state index is 0.00360. The van der Waals surface area contributed by atoms with Gasteiger partial charge in [-0.25, -0.2) is 0 Å². The molecule has 7 aromatic rings. The van der Waals surface area contributed by atoms with Crippen molar-refractivity contribution in [3.63, 3.8) is 0 Å². The van der Waals surface area contributed by atoms with E-state index in [2.05, 4.69) is 207 Å². The summed E-state index contributed by atoms with van der Waals surface area (Å²) < 4.78 is 7.33. The summed E-state index contributed by atoms with van der Waals surface area (Å²) in [4.78, 5) is 5.16. The van der Waals surface area contributed by atoms with Crippen LogP contribution in [0, 0.1) is 0 Å². The van der Waals surface area contributed by atoms with Crippen molar-refractivity contribution < 1.29 is 4.74 Å². The van der Waals surface area contributed by atoms with E-state index in [0.717, 1.165) is 17.2 Å². The molecule has 0 atom stereocenters. The maximum Gasteiger partial charge on any atom is 0.261 e. The minimum atomic E-state index is -0.131. The van der Waals surface area contributed by atoms with Crippen LogP contribution in [0.4, 0.5) is 34.1 Å². The van der Waals surface area contributed by atoms with E-state index < -0.39 is 0 Å². The molecule has 0 fully saturated rings. The second-order valence-corrected chi connectivity index (χ2v) is 21.1. The molecule has 4 heteroatoms. The van der Waals surface area contributed by atoms with Gasteiger partial charge in [0.15, 0.2) is 0 Å². The Morgan fingerprint density at radius 3 is 1.47 bits per heavy atom. The van der Waals surface area contributed by atoms with Crippen LogP contribution in [0.2, 0.25) is 0 Å². The summed E-state index contributed by atoms with van der Waals surface area (Å²) >= 11 is 0. The molecule has 0 unspecified atom stereocenters. The van der Waals surface area contributed by atoms with Gasteiger partial charge in [-0.1, -0.05) is 137 Å². The van der Waals surface area contributed by atoms with Gasteiger partial charge >= 0.3 is 0 Å². The van der Waals surface area contributed by atoms with Gasteiger partial charge in [0.2, 0.25) is 0 Å². The fraction of sp³-hybridized carbons (Fsp3) is 0.273. The Hall–Kier alpha value is -5.74. The van der Waals surface area contributed by atoms with Gasteiger partial charge in [-0.05, 0) is 143 Å². The lowest BCUT2D eigenvalue weighted by atomic mass is 9.32. The van der Waals surface area contributed by atoms with Gasteiger partial charge in [0.05, 0.1) is 0 Å². The van der Waals surface area contributed by atoms with E-state index >= 15 is 0 Å². The zero-order chi connectivity index (χ0) is 41.1. The molecule has 0 N–H and O–H groups in total. The van der Waals surface area contributed by atoms with E-state index in [1.807, 2.05) is 0 Å². The van der Waals surface area contributed by atoms with Crippen LogP contribution in [0.3, 0.4) is 0 Å². The van der Waals surface area contributed by atoms with Crippen molar-refractivity contribution in [2.45, 2.75) is 97.8 Å². The van der Waals surface area contributed by atoms with Gasteiger partial charge in [-0.3, -0.25) is 0 Å². The third-order valence-electron chi connectivity index (χ3n) is 13.8. The molecule has 4 aliphatic rings. The number of hydrogen-bond donors (Lipinski definition) is 0. The van der Waals surface area contributed by atoms with Crippen molar-refractivity contribution in [1.82, 2.24) is 0 Å². The van der Waals surface area contributed by atoms with E-state index in [1.54, 1.807) is 0 Å². The molecule has 3 heterocycles. The molecule has 0 saturated carbocycles. The Morgan fingerprint density at radius 1 is 0.441 bits per heavy atom. The molecule has 3 nitrogen and oxygen atoms in total. The van der Waals surface area contributed by atoms with Gasteiger partial charge in [0.1, 0.15) is 11.5 Å². The Morgan fingerprint density at radius 2 is 0.898 bits per heavy atom. The van der Waals surface area contributed by atoms with E-state index in [-0.39, 0.29) is 28.4 Å². The van der Waals surface area contributed by atoms with Crippen molar-refractivity contribution in [1.29, 1.82) is 0 Å². The van der Waals surface area contributed by atoms with Crippen molar-refractivity contribution in [3.8, 4) is 22.6 Å². The highest BCUT2D eigenvalue weighted by atomic mass is 16.5. The van der Waals surface area contributed by atoms with Gasteiger partial charge in [0, 0.05) is 39.5 Å². The quantitative estimate of drug-likeness (QED) is 0.163. The van der Waals surface area contributed by atoms with Gasteiger partial charge < -0.3 is 14.5 Å². The average molecular weight is 769 g/mol. The number of fused-ring (bicyclic) bond motifs is 4. The number of hydrogen-bond acceptors (Lipinski definition) is 3. The number of ether oxygens (including phenoxy) is 1. The highest BCUT2D eigenvalue weighted by Crippen LogP contribution is 2.54. The monoisotopic (exact) mass is 768 g/mol. The maximum absolute atomic E-state index is 7.33. The summed E-state index contributed by atoms with van der Waals surface area (Å²) in [5.41, 5.74) is 20.0. The summed E-state index contributed by atoms with van der Waals surface area (Å²) in [6, 6.07) is 46.5. The molecule has 3 aliphatic heterocycles. The van der Waals surface area contributed by atoms with Crippen LogP contribution >= 0.6 is 0 Å². The predicted molar refractivity (Wildman–Crippen MR) is 252 cm³/mol. The number of rotatable bonds is 2. The Labute approximate surface area is 350 Å². The predicted octanol–water partition coefficient (Wildman–Crippen LogP) is 13.2. The Kier molecular flexibility index (Phi) is 7.22. The summed E-state index contributed by atoms with van der Waals surface area (Å²) in [6.45, 7) is 25.8. The molecular formula is C55H53BN2O. The first-order chi connectivity index (χ1) is 27.9. The standard InChI is InChI=1S/C55H53BN2O/c1-52(2,3)34-25-43-49-44(26-34)58(38-22-23-40-39-18-14-15-19-41(39)55(10,11)42(40)31-38)46-28-36(54(7,8)9)30-48-51(46)56(49)50-45(27-35(53(4,5)6)29-47(50)59-48)57(43)37-21-20-32-16-12-13-17-33(32)24-37/h12-31H,1-11H3. The first-order valence-electron chi connectivity index (χ1n) is 21.5. The molecular weight excluding hydrogens is 715 g/mol. The second-order valence-electron chi connectivity index (χ2n) is 21.1. The summed E-state index contributed by atoms with van der Waals surface area (Å²) in [7, 11) is 0. The first kappa shape index (κ1) is 36.4. The molecule has 0 radical (unpaired) electrons. The molecule has 0 spiro atoms. The maximum atomic E-state index is 7.33. The topological polar surface area (TPSA) is 15.7 Å². The summed E-state index contributed by atoms with van der Waals surface area (Å²) in [6.07, 6.45) is 0. The zero-order valence-corrected chi connectivity index (χ0v) is 36.4. The SMILES string of the molecule is CC(C)(C)c1cc2c3c(c1)N(c1ccc4c(c1)C(C)(C)c1ccccc1-4)c1cc(C(C)(C)C)cc4c1B3c1c(cc(C(C)(C)C)cc1N4c1ccc3ccccc3c1)O2. The fourth-order valence-corrected chi connectivity index (χ4v) is 10.4. The third kappa shape index (κ3) is 5.14. The van der Waals surface area contributed by atoms with Crippen molar-refractivity contribution in [3.05, 3.63) is 149 Å². The molecule has 11 rings (SSSR count). The third-order valence-corrected chi connectivity index (χ3v) is 13.8. The van der Waals surface area contributed by atoms with Crippen LogP contribution in [0.25, 0.3) is 21.9 Å². The molecule has 7 aromatic carbocycles. The van der Waals surface area contributed by atoms with Crippen molar-refractivity contribution in [2.24, 2.45) is 0 Å². The fourth-order valence-electron chi connectivity index (χ4n) is 10.4. The van der Waals surface area contributed by atoms with E-state index in [9.17, 15) is 0 Å². The van der Waals surface area contributed by atoms with E-state index in [4.69, 9.17) is 4.74 Å². The lowest BCUT2D eigenvalue weighted by molar-refractivity contribution is 0.479. The number of anilines is 6. The lowest BCUT2D eigenvalue weighted by Crippen LogP contribution is -2.63. The largest absolute Gasteiger partial charge is 0.458 e. The molecule has 0 bridgehead atoms. The molecule has 0 amide bonds. The molecule has 0 saturated heterocycles. The highest BCUT2D eigenvalue weighted by Gasteiger charge is 2.50. The van der Waals surface area contributed by atoms with Gasteiger partial charge in [-0.2, -0.15) is 0 Å². The Bertz CT molecular complexity index is 2970. The molecule has 0 aromatic heterocycles. The van der Waals surface area contributed by atoms with Crippen molar-refractivity contribution in [2.75, 3.05) is 9.80 Å². The Balaban J connectivity index is 1.27. The summed E-state index contributed by atoms with van der Waals surface area (Å²) in [5.74, 6) is 1.94. The zero-order valence-electron chi connectivity index (χ0n) is 36.4. The first-order valence-corrected chi connectivity index (χ1v) is 21.5. The van der Waals surface area contributed by atoms with Crippen LogP contribution in [0.5, 0.6) is 11.5 Å². The lowest BCUT2D eigenvalue weighted by Gasteiger charge is -2.48. The summed E-state index contributed by atoms with van der Waals surface area (Å²) in [5, 5.41) is 2.47. The highest BCUT2D eigenvalue weighted by molar-refractivity contribution is 7.01. The average Bonchev–Trinajstić information content (AvgIpc) is 3.41. The van der Waals surface area contributed by atoms with E-state index in [1.165, 1.54) is 94.5 Å². The minimum Gasteiger partial charge on any atom is -0.458 e. The molecule has 1 aliphatic carbocycles. The van der Waals surface area contributed by atoms with Crippen LogP contribution in [-0.4, -0.2) is 6.71 Å². The van der Waals surface area contributed by atoms with Crippen LogP contribution in [0.1, 0.15) is 104 Å². The van der Waals surface area contributed by atoms with Crippen LogP contribution in [-0.2, 0) is 21.7 Å². The van der Waals surface area contributed by atoms with Crippen molar-refractivity contribution >= 4 is 68.0 Å². The smallest absolute Gasteiger partial charge is 0.261 e. The number of benzene rings is 7. The normalized spacial score (nSPS) is 15.5. The van der Waals surface area contributed by atoms with E-state index in [0.29, 0.717) is 0 Å². The van der Waals surface area contributed by atoms with Crippen LogP contribution in [0.15, 0.2) is 121 Å². The van der Waals surface area contributed by atoms with Gasteiger partial charge in [0.25, 0.3) is 6.71 Å². The second kappa shape index (κ2) is 11.7. The van der Waals surface area contributed by atoms with Crippen LogP contribution < -0.4 is 30.9 Å². The molecule has 292 valence electrons. The van der Waals surface area contributed by atoms with Gasteiger partial charge in [-0.15, -0.1) is 0 Å². The number of nitrogens with zero attached hydrogens (tertiary/aromatic N) is 2.